The third kappa shape index (κ3) is 3.35. The highest BCUT2D eigenvalue weighted by Crippen LogP contribution is 2.36. The quantitative estimate of drug-likeness (QED) is 0.711. The fourth-order valence-corrected chi connectivity index (χ4v) is 4.20. The maximum Gasteiger partial charge on any atom is 0.124 e. The van der Waals surface area contributed by atoms with E-state index in [1.807, 2.05) is 6.07 Å². The van der Waals surface area contributed by atoms with E-state index in [1.54, 1.807) is 23.5 Å². The van der Waals surface area contributed by atoms with Gasteiger partial charge < -0.3 is 5.32 Å². The molecule has 21 heavy (non-hydrogen) atoms. The molecule has 0 saturated carbocycles. The smallest absolute Gasteiger partial charge is 0.124 e. The summed E-state index contributed by atoms with van der Waals surface area (Å²) in [6.45, 7) is 3.21. The second-order valence-electron chi connectivity index (χ2n) is 5.74. The van der Waals surface area contributed by atoms with Gasteiger partial charge in [0.25, 0.3) is 0 Å². The van der Waals surface area contributed by atoms with E-state index < -0.39 is 0 Å². The first-order chi connectivity index (χ1) is 10.3. The van der Waals surface area contributed by atoms with E-state index in [0.717, 1.165) is 23.1 Å². The SMILES string of the molecule is CCCNC(C1=CCCCC1)c1cc2ccc(F)cc2s1. The van der Waals surface area contributed by atoms with E-state index in [9.17, 15) is 4.39 Å². The summed E-state index contributed by atoms with van der Waals surface area (Å²) in [5.41, 5.74) is 1.52. The summed E-state index contributed by atoms with van der Waals surface area (Å²) < 4.78 is 14.4. The summed E-state index contributed by atoms with van der Waals surface area (Å²) in [6.07, 6.45) is 8.51. The molecule has 0 bridgehead atoms. The first-order valence-electron chi connectivity index (χ1n) is 7.89. The van der Waals surface area contributed by atoms with Gasteiger partial charge >= 0.3 is 0 Å². The maximum atomic E-state index is 13.4. The van der Waals surface area contributed by atoms with Gasteiger partial charge in [0, 0.05) is 9.58 Å². The molecule has 0 radical (unpaired) electrons. The Morgan fingerprint density at radius 1 is 1.29 bits per heavy atom. The molecule has 2 aromatic rings. The van der Waals surface area contributed by atoms with Gasteiger partial charge in [-0.15, -0.1) is 11.3 Å². The van der Waals surface area contributed by atoms with E-state index in [2.05, 4.69) is 24.4 Å². The van der Waals surface area contributed by atoms with E-state index in [1.165, 1.54) is 36.1 Å². The van der Waals surface area contributed by atoms with E-state index in [4.69, 9.17) is 0 Å². The molecular weight excluding hydrogens is 281 g/mol. The lowest BCUT2D eigenvalue weighted by atomic mass is 9.93. The van der Waals surface area contributed by atoms with Crippen molar-refractivity contribution in [1.82, 2.24) is 5.32 Å². The van der Waals surface area contributed by atoms with Crippen LogP contribution in [0.5, 0.6) is 0 Å². The number of nitrogens with one attached hydrogen (secondary N) is 1. The average molecular weight is 303 g/mol. The summed E-state index contributed by atoms with van der Waals surface area (Å²) in [4.78, 5) is 1.32. The van der Waals surface area contributed by atoms with Gasteiger partial charge in [-0.05, 0) is 62.2 Å². The Hall–Kier alpha value is -1.19. The molecule has 112 valence electrons. The minimum atomic E-state index is -0.147. The third-order valence-corrected chi connectivity index (χ3v) is 5.24. The molecular formula is C18H22FNS. The van der Waals surface area contributed by atoms with Gasteiger partial charge in [0.05, 0.1) is 6.04 Å². The van der Waals surface area contributed by atoms with Crippen molar-refractivity contribution in [1.29, 1.82) is 0 Å². The Morgan fingerprint density at radius 2 is 2.19 bits per heavy atom. The molecule has 1 aliphatic rings. The molecule has 1 aromatic carbocycles. The van der Waals surface area contributed by atoms with Crippen LogP contribution in [0.15, 0.2) is 35.9 Å². The first kappa shape index (κ1) is 14.7. The lowest BCUT2D eigenvalue weighted by Gasteiger charge is -2.23. The Bertz CT molecular complexity index is 644. The van der Waals surface area contributed by atoms with E-state index in [-0.39, 0.29) is 5.82 Å². The van der Waals surface area contributed by atoms with Crippen molar-refractivity contribution >= 4 is 21.4 Å². The van der Waals surface area contributed by atoms with Crippen molar-refractivity contribution < 1.29 is 4.39 Å². The topological polar surface area (TPSA) is 12.0 Å². The van der Waals surface area contributed by atoms with Crippen LogP contribution in [-0.2, 0) is 0 Å². The first-order valence-corrected chi connectivity index (χ1v) is 8.71. The molecule has 0 spiro atoms. The van der Waals surface area contributed by atoms with Crippen LogP contribution in [0.4, 0.5) is 4.39 Å². The molecule has 0 saturated heterocycles. The van der Waals surface area contributed by atoms with Gasteiger partial charge in [0.15, 0.2) is 0 Å². The zero-order valence-corrected chi connectivity index (χ0v) is 13.3. The Balaban J connectivity index is 1.94. The van der Waals surface area contributed by atoms with Crippen LogP contribution >= 0.6 is 11.3 Å². The van der Waals surface area contributed by atoms with Crippen LogP contribution in [0.2, 0.25) is 0 Å². The zero-order chi connectivity index (χ0) is 14.7. The van der Waals surface area contributed by atoms with Gasteiger partial charge in [-0.2, -0.15) is 0 Å². The summed E-state index contributed by atoms with van der Waals surface area (Å²) in [6, 6.07) is 7.62. The second kappa shape index (κ2) is 6.71. The number of benzene rings is 1. The molecule has 1 aromatic heterocycles. The van der Waals surface area contributed by atoms with Crippen LogP contribution < -0.4 is 5.32 Å². The van der Waals surface area contributed by atoms with Crippen LogP contribution in [0.25, 0.3) is 10.1 Å². The normalized spacial score (nSPS) is 17.0. The van der Waals surface area contributed by atoms with E-state index >= 15 is 0 Å². The number of allylic oxidation sites excluding steroid dienone is 1. The number of hydrogen-bond acceptors (Lipinski definition) is 2. The number of fused-ring (bicyclic) bond motifs is 1. The second-order valence-corrected chi connectivity index (χ2v) is 6.86. The summed E-state index contributed by atoms with van der Waals surface area (Å²) in [7, 11) is 0. The summed E-state index contributed by atoms with van der Waals surface area (Å²) in [5, 5.41) is 4.83. The Labute approximate surface area is 129 Å². The monoisotopic (exact) mass is 303 g/mol. The van der Waals surface area contributed by atoms with Gasteiger partial charge in [0.1, 0.15) is 5.82 Å². The lowest BCUT2D eigenvalue weighted by Crippen LogP contribution is -2.24. The molecule has 1 atom stereocenters. The van der Waals surface area contributed by atoms with Gasteiger partial charge in [-0.1, -0.05) is 24.6 Å². The lowest BCUT2D eigenvalue weighted by molar-refractivity contribution is 0.552. The Kier molecular flexibility index (Phi) is 4.71. The number of rotatable bonds is 5. The predicted molar refractivity (Wildman–Crippen MR) is 89.4 cm³/mol. The molecule has 1 aliphatic carbocycles. The van der Waals surface area contributed by atoms with Crippen LogP contribution in [0.3, 0.4) is 0 Å². The molecule has 0 aliphatic heterocycles. The highest BCUT2D eigenvalue weighted by molar-refractivity contribution is 7.19. The number of hydrogen-bond donors (Lipinski definition) is 1. The summed E-state index contributed by atoms with van der Waals surface area (Å²) in [5.74, 6) is -0.147. The maximum absolute atomic E-state index is 13.4. The minimum absolute atomic E-state index is 0.147. The number of halogens is 1. The fraction of sp³-hybridized carbons (Fsp3) is 0.444. The van der Waals surface area contributed by atoms with Gasteiger partial charge in [-0.25, -0.2) is 4.39 Å². The summed E-state index contributed by atoms with van der Waals surface area (Å²) >= 11 is 1.72. The molecule has 1 N–H and O–H groups in total. The fourth-order valence-electron chi connectivity index (χ4n) is 3.00. The minimum Gasteiger partial charge on any atom is -0.306 e. The Morgan fingerprint density at radius 3 is 2.95 bits per heavy atom. The highest BCUT2D eigenvalue weighted by atomic mass is 32.1. The van der Waals surface area contributed by atoms with Crippen molar-refractivity contribution in [3.8, 4) is 0 Å². The highest BCUT2D eigenvalue weighted by Gasteiger charge is 2.19. The van der Waals surface area contributed by atoms with Crippen molar-refractivity contribution in [2.24, 2.45) is 0 Å². The van der Waals surface area contributed by atoms with Gasteiger partial charge in [-0.3, -0.25) is 0 Å². The van der Waals surface area contributed by atoms with Crippen molar-refractivity contribution in [2.45, 2.75) is 45.1 Å². The molecule has 0 fully saturated rings. The molecule has 1 heterocycles. The molecule has 3 heteroatoms. The molecule has 1 unspecified atom stereocenters. The van der Waals surface area contributed by atoms with Crippen molar-refractivity contribution in [3.05, 3.63) is 46.6 Å². The molecule has 1 nitrogen and oxygen atoms in total. The predicted octanol–water partition coefficient (Wildman–Crippen LogP) is 5.58. The molecule has 0 amide bonds. The van der Waals surface area contributed by atoms with E-state index in [0.29, 0.717) is 6.04 Å². The number of thiophene rings is 1. The van der Waals surface area contributed by atoms with Crippen molar-refractivity contribution in [3.63, 3.8) is 0 Å². The average Bonchev–Trinajstić information content (AvgIpc) is 2.91. The van der Waals surface area contributed by atoms with Crippen LogP contribution in [0, 0.1) is 5.82 Å². The third-order valence-electron chi connectivity index (χ3n) is 4.08. The standard InChI is InChI=1S/C18H22FNS/c1-2-10-20-18(13-6-4-3-5-7-13)17-11-14-8-9-15(19)12-16(14)21-17/h6,8-9,11-12,18,20H,2-5,7,10H2,1H3. The largest absolute Gasteiger partial charge is 0.306 e. The van der Waals surface area contributed by atoms with Crippen LogP contribution in [0.1, 0.15) is 49.9 Å². The van der Waals surface area contributed by atoms with Crippen molar-refractivity contribution in [2.75, 3.05) is 6.54 Å². The van der Waals surface area contributed by atoms with Crippen LogP contribution in [-0.4, -0.2) is 6.54 Å². The molecule has 3 rings (SSSR count). The van der Waals surface area contributed by atoms with Gasteiger partial charge in [0.2, 0.25) is 0 Å². The zero-order valence-electron chi connectivity index (χ0n) is 12.5.